The zero-order chi connectivity index (χ0) is 11.7. The van der Waals surface area contributed by atoms with Gasteiger partial charge in [-0.05, 0) is 30.3 Å². The van der Waals surface area contributed by atoms with Gasteiger partial charge in [0, 0.05) is 17.4 Å². The number of hydrogen-bond acceptors (Lipinski definition) is 5. The van der Waals surface area contributed by atoms with Gasteiger partial charge in [0.25, 0.3) is 5.89 Å². The molecule has 6 heteroatoms. The van der Waals surface area contributed by atoms with Crippen LogP contribution in [0.1, 0.15) is 0 Å². The first kappa shape index (κ1) is 9.59. The van der Waals surface area contributed by atoms with Gasteiger partial charge in [-0.3, -0.25) is 5.10 Å². The van der Waals surface area contributed by atoms with Gasteiger partial charge in [-0.1, -0.05) is 5.16 Å². The van der Waals surface area contributed by atoms with E-state index in [1.165, 1.54) is 0 Å². The first-order chi connectivity index (χ1) is 8.33. The van der Waals surface area contributed by atoms with Crippen molar-refractivity contribution < 1.29 is 4.52 Å². The smallest absolute Gasteiger partial charge is 0.276 e. The Hall–Kier alpha value is -2.63. The lowest BCUT2D eigenvalue weighted by Crippen LogP contribution is -1.85. The summed E-state index contributed by atoms with van der Waals surface area (Å²) in [6.07, 6.45) is 1.63. The van der Waals surface area contributed by atoms with Crippen molar-refractivity contribution in [1.29, 1.82) is 0 Å². The van der Waals surface area contributed by atoms with E-state index in [4.69, 9.17) is 10.3 Å². The van der Waals surface area contributed by atoms with E-state index in [0.717, 1.165) is 5.56 Å². The molecule has 0 unspecified atom stereocenters. The summed E-state index contributed by atoms with van der Waals surface area (Å²) in [5.41, 5.74) is 7.86. The molecule has 3 aromatic rings. The highest BCUT2D eigenvalue weighted by Crippen LogP contribution is 2.21. The van der Waals surface area contributed by atoms with Crippen molar-refractivity contribution in [2.24, 2.45) is 0 Å². The molecular weight excluding hydrogens is 218 g/mol. The molecule has 0 bridgehead atoms. The Morgan fingerprint density at radius 3 is 2.65 bits per heavy atom. The second kappa shape index (κ2) is 3.75. The van der Waals surface area contributed by atoms with E-state index in [2.05, 4.69) is 20.3 Å². The van der Waals surface area contributed by atoms with Crippen LogP contribution in [0.2, 0.25) is 0 Å². The normalized spacial score (nSPS) is 10.6. The number of H-pyrrole nitrogens is 1. The average Bonchev–Trinajstić information content (AvgIpc) is 3.00. The highest BCUT2D eigenvalue weighted by Gasteiger charge is 2.10. The van der Waals surface area contributed by atoms with Gasteiger partial charge in [-0.25, -0.2) is 0 Å². The molecule has 3 rings (SSSR count). The summed E-state index contributed by atoms with van der Waals surface area (Å²) in [6, 6.07) is 9.04. The van der Waals surface area contributed by atoms with Crippen LogP contribution in [0.25, 0.3) is 23.0 Å². The van der Waals surface area contributed by atoms with Crippen molar-refractivity contribution in [2.75, 3.05) is 5.73 Å². The lowest BCUT2D eigenvalue weighted by Gasteiger charge is -1.94. The summed E-state index contributed by atoms with van der Waals surface area (Å²) in [5.74, 6) is 0.934. The van der Waals surface area contributed by atoms with E-state index >= 15 is 0 Å². The average molecular weight is 227 g/mol. The largest absolute Gasteiger partial charge is 0.399 e. The van der Waals surface area contributed by atoms with Crippen LogP contribution in [0.4, 0.5) is 5.69 Å². The highest BCUT2D eigenvalue weighted by molar-refractivity contribution is 5.60. The fraction of sp³-hybridized carbons (Fsp3) is 0. The van der Waals surface area contributed by atoms with Crippen LogP contribution in [0.5, 0.6) is 0 Å². The molecule has 17 heavy (non-hydrogen) atoms. The van der Waals surface area contributed by atoms with Crippen molar-refractivity contribution >= 4 is 5.69 Å². The zero-order valence-corrected chi connectivity index (χ0v) is 8.79. The molecule has 3 N–H and O–H groups in total. The van der Waals surface area contributed by atoms with E-state index < -0.39 is 0 Å². The van der Waals surface area contributed by atoms with E-state index in [1.807, 2.05) is 12.1 Å². The maximum atomic E-state index is 5.61. The van der Waals surface area contributed by atoms with Crippen molar-refractivity contribution in [3.8, 4) is 23.0 Å². The zero-order valence-electron chi connectivity index (χ0n) is 8.79. The lowest BCUT2D eigenvalue weighted by atomic mass is 10.2. The topological polar surface area (TPSA) is 93.6 Å². The monoisotopic (exact) mass is 227 g/mol. The van der Waals surface area contributed by atoms with Crippen LogP contribution in [-0.4, -0.2) is 20.3 Å². The minimum absolute atomic E-state index is 0.411. The number of nitrogens with one attached hydrogen (secondary N) is 1. The number of nitrogens with two attached hydrogens (primary N) is 1. The summed E-state index contributed by atoms with van der Waals surface area (Å²) in [4.78, 5) is 4.26. The quantitative estimate of drug-likeness (QED) is 0.650. The van der Waals surface area contributed by atoms with Crippen LogP contribution in [-0.2, 0) is 0 Å². The second-order valence-electron chi connectivity index (χ2n) is 3.52. The summed E-state index contributed by atoms with van der Waals surface area (Å²) < 4.78 is 5.13. The Morgan fingerprint density at radius 2 is 1.94 bits per heavy atom. The van der Waals surface area contributed by atoms with E-state index in [1.54, 1.807) is 24.4 Å². The molecule has 2 heterocycles. The molecule has 2 aromatic heterocycles. The molecule has 0 spiro atoms. The van der Waals surface area contributed by atoms with Crippen LogP contribution >= 0.6 is 0 Å². The summed E-state index contributed by atoms with van der Waals surface area (Å²) >= 11 is 0. The molecule has 0 aliphatic heterocycles. The fourth-order valence-electron chi connectivity index (χ4n) is 1.46. The van der Waals surface area contributed by atoms with Gasteiger partial charge < -0.3 is 10.3 Å². The molecule has 0 aliphatic carbocycles. The number of anilines is 1. The van der Waals surface area contributed by atoms with E-state index in [-0.39, 0.29) is 0 Å². The van der Waals surface area contributed by atoms with Gasteiger partial charge in [-0.2, -0.15) is 10.1 Å². The first-order valence-electron chi connectivity index (χ1n) is 5.02. The summed E-state index contributed by atoms with van der Waals surface area (Å²) in [5, 5.41) is 10.5. The number of nitrogen functional groups attached to an aromatic ring is 1. The Balaban J connectivity index is 1.98. The second-order valence-corrected chi connectivity index (χ2v) is 3.52. The maximum absolute atomic E-state index is 5.61. The molecule has 0 atom stereocenters. The number of hydrogen-bond donors (Lipinski definition) is 2. The molecule has 0 amide bonds. The third kappa shape index (κ3) is 1.76. The van der Waals surface area contributed by atoms with Gasteiger partial charge in [-0.15, -0.1) is 0 Å². The highest BCUT2D eigenvalue weighted by atomic mass is 16.5. The molecule has 0 saturated heterocycles. The van der Waals surface area contributed by atoms with Gasteiger partial charge in [0.1, 0.15) is 5.69 Å². The standard InChI is InChI=1S/C11H9N5O/c12-8-3-1-7(2-4-8)10-14-11(17-16-10)9-5-6-13-15-9/h1-6H,12H2,(H,13,15). The molecule has 6 nitrogen and oxygen atoms in total. The molecule has 0 fully saturated rings. The van der Waals surface area contributed by atoms with E-state index in [9.17, 15) is 0 Å². The van der Waals surface area contributed by atoms with Crippen molar-refractivity contribution in [3.63, 3.8) is 0 Å². The lowest BCUT2D eigenvalue weighted by molar-refractivity contribution is 0.431. The molecule has 0 aliphatic rings. The fourth-order valence-corrected chi connectivity index (χ4v) is 1.46. The number of nitrogens with zero attached hydrogens (tertiary/aromatic N) is 3. The van der Waals surface area contributed by atoms with Gasteiger partial charge in [0.15, 0.2) is 0 Å². The van der Waals surface area contributed by atoms with Crippen molar-refractivity contribution in [3.05, 3.63) is 36.5 Å². The van der Waals surface area contributed by atoms with Crippen molar-refractivity contribution in [2.45, 2.75) is 0 Å². The SMILES string of the molecule is Nc1ccc(-c2noc(-c3ccn[nH]3)n2)cc1. The van der Waals surface area contributed by atoms with Crippen LogP contribution in [0.3, 0.4) is 0 Å². The van der Waals surface area contributed by atoms with Crippen LogP contribution in [0, 0.1) is 0 Å². The first-order valence-corrected chi connectivity index (χ1v) is 5.02. The number of aromatic nitrogens is 4. The van der Waals surface area contributed by atoms with Gasteiger partial charge in [0.2, 0.25) is 5.82 Å². The van der Waals surface area contributed by atoms with Gasteiger partial charge in [0.05, 0.1) is 0 Å². The maximum Gasteiger partial charge on any atom is 0.276 e. The molecule has 1 aromatic carbocycles. The molecule has 84 valence electrons. The third-order valence-electron chi connectivity index (χ3n) is 2.33. The van der Waals surface area contributed by atoms with E-state index in [0.29, 0.717) is 23.1 Å². The Kier molecular flexibility index (Phi) is 2.11. The Labute approximate surface area is 96.5 Å². The van der Waals surface area contributed by atoms with Crippen molar-refractivity contribution in [1.82, 2.24) is 20.3 Å². The minimum atomic E-state index is 0.411. The number of benzene rings is 1. The predicted molar refractivity (Wildman–Crippen MR) is 61.7 cm³/mol. The molecule has 0 saturated carbocycles. The summed E-state index contributed by atoms with van der Waals surface area (Å²) in [7, 11) is 0. The summed E-state index contributed by atoms with van der Waals surface area (Å²) in [6.45, 7) is 0. The number of rotatable bonds is 2. The Bertz CT molecular complexity index is 612. The molecule has 0 radical (unpaired) electrons. The van der Waals surface area contributed by atoms with Crippen LogP contribution < -0.4 is 5.73 Å². The number of aromatic amines is 1. The predicted octanol–water partition coefficient (Wildman–Crippen LogP) is 1.71. The Morgan fingerprint density at radius 1 is 1.12 bits per heavy atom. The molecular formula is C11H9N5O. The third-order valence-corrected chi connectivity index (χ3v) is 2.33. The van der Waals surface area contributed by atoms with Gasteiger partial charge >= 0.3 is 0 Å². The van der Waals surface area contributed by atoms with Crippen LogP contribution in [0.15, 0.2) is 41.1 Å². The minimum Gasteiger partial charge on any atom is -0.399 e.